The predicted molar refractivity (Wildman–Crippen MR) is 97.6 cm³/mol. The number of hydrogen-bond acceptors (Lipinski definition) is 4. The van der Waals surface area contributed by atoms with E-state index in [-0.39, 0.29) is 4.90 Å². The van der Waals surface area contributed by atoms with Crippen molar-refractivity contribution in [3.05, 3.63) is 47.8 Å². The molecule has 25 heavy (non-hydrogen) atoms. The molecule has 1 heterocycles. The van der Waals surface area contributed by atoms with Gasteiger partial charge in [-0.15, -0.1) is 0 Å². The summed E-state index contributed by atoms with van der Waals surface area (Å²) in [6.07, 6.45) is 1.74. The van der Waals surface area contributed by atoms with Gasteiger partial charge in [0.05, 0.1) is 23.7 Å². The van der Waals surface area contributed by atoms with Gasteiger partial charge in [0, 0.05) is 19.8 Å². The van der Waals surface area contributed by atoms with Crippen LogP contribution < -0.4 is 15.4 Å². The van der Waals surface area contributed by atoms with Crippen molar-refractivity contribution in [1.29, 1.82) is 0 Å². The van der Waals surface area contributed by atoms with Gasteiger partial charge in [0.1, 0.15) is 0 Å². The largest absolute Gasteiger partial charge is 0.357 e. The molecule has 0 amide bonds. The van der Waals surface area contributed by atoms with Crippen LogP contribution in [0, 0.1) is 0 Å². The Labute approximate surface area is 148 Å². The summed E-state index contributed by atoms with van der Waals surface area (Å²) in [5, 5.41) is 10.5. The smallest absolute Gasteiger partial charge is 0.240 e. The summed E-state index contributed by atoms with van der Waals surface area (Å²) in [4.78, 5) is 4.74. The molecule has 136 valence electrons. The van der Waals surface area contributed by atoms with Crippen LogP contribution >= 0.6 is 0 Å². The van der Waals surface area contributed by atoms with Gasteiger partial charge in [-0.2, -0.15) is 5.10 Å². The van der Waals surface area contributed by atoms with Gasteiger partial charge in [0.15, 0.2) is 5.96 Å². The highest BCUT2D eigenvalue weighted by atomic mass is 32.2. The molecule has 2 rings (SSSR count). The lowest BCUT2D eigenvalue weighted by molar-refractivity contribution is 0.588. The van der Waals surface area contributed by atoms with Gasteiger partial charge in [-0.05, 0) is 37.7 Å². The fourth-order valence-electron chi connectivity index (χ4n) is 2.19. The molecule has 0 fully saturated rings. The molecule has 0 unspecified atom stereocenters. The van der Waals surface area contributed by atoms with Crippen LogP contribution in [0.3, 0.4) is 0 Å². The van der Waals surface area contributed by atoms with E-state index in [2.05, 4.69) is 25.4 Å². The molecule has 0 saturated carbocycles. The Morgan fingerprint density at radius 1 is 1.28 bits per heavy atom. The third-order valence-electron chi connectivity index (χ3n) is 3.60. The molecule has 0 aliphatic carbocycles. The van der Waals surface area contributed by atoms with Gasteiger partial charge in [-0.3, -0.25) is 4.68 Å². The van der Waals surface area contributed by atoms with Crippen molar-refractivity contribution in [2.75, 3.05) is 13.6 Å². The molecule has 2 aromatic rings. The normalized spacial score (nSPS) is 12.2. The molecule has 0 spiro atoms. The van der Waals surface area contributed by atoms with Crippen LogP contribution in [0.25, 0.3) is 0 Å². The summed E-state index contributed by atoms with van der Waals surface area (Å²) in [6.45, 7) is 3.68. The highest BCUT2D eigenvalue weighted by Crippen LogP contribution is 2.11. The van der Waals surface area contributed by atoms with Gasteiger partial charge in [0.25, 0.3) is 0 Å². The zero-order valence-electron chi connectivity index (χ0n) is 14.7. The molecule has 0 aliphatic rings. The zero-order chi connectivity index (χ0) is 18.3. The SMILES string of the molecule is CCNC(=NCc1cccc(S(=O)(=O)NC)c1)NCc1ccnn1C. The molecule has 8 nitrogen and oxygen atoms in total. The van der Waals surface area contributed by atoms with E-state index in [9.17, 15) is 8.42 Å². The highest BCUT2D eigenvalue weighted by molar-refractivity contribution is 7.89. The molecule has 0 atom stereocenters. The average molecular weight is 364 g/mol. The lowest BCUT2D eigenvalue weighted by Gasteiger charge is -2.11. The minimum absolute atomic E-state index is 0.232. The maximum absolute atomic E-state index is 11.9. The van der Waals surface area contributed by atoms with Crippen LogP contribution in [0.4, 0.5) is 0 Å². The van der Waals surface area contributed by atoms with Crippen molar-refractivity contribution in [2.24, 2.45) is 12.0 Å². The molecule has 0 aliphatic heterocycles. The third-order valence-corrected chi connectivity index (χ3v) is 5.01. The Morgan fingerprint density at radius 3 is 2.72 bits per heavy atom. The van der Waals surface area contributed by atoms with Gasteiger partial charge in [-0.25, -0.2) is 18.1 Å². The summed E-state index contributed by atoms with van der Waals surface area (Å²) < 4.78 is 27.9. The van der Waals surface area contributed by atoms with E-state index in [0.29, 0.717) is 19.0 Å². The predicted octanol–water partition coefficient (Wildman–Crippen LogP) is 0.584. The first-order chi connectivity index (χ1) is 12.0. The van der Waals surface area contributed by atoms with Crippen molar-refractivity contribution < 1.29 is 8.42 Å². The highest BCUT2D eigenvalue weighted by Gasteiger charge is 2.11. The molecule has 0 radical (unpaired) electrons. The van der Waals surface area contributed by atoms with Gasteiger partial charge >= 0.3 is 0 Å². The number of hydrogen-bond donors (Lipinski definition) is 3. The Balaban J connectivity index is 2.08. The summed E-state index contributed by atoms with van der Waals surface area (Å²) >= 11 is 0. The second-order valence-corrected chi connectivity index (χ2v) is 7.24. The van der Waals surface area contributed by atoms with Crippen molar-refractivity contribution in [2.45, 2.75) is 24.9 Å². The molecular weight excluding hydrogens is 340 g/mol. The van der Waals surface area contributed by atoms with Crippen LogP contribution in [0.2, 0.25) is 0 Å². The van der Waals surface area contributed by atoms with Crippen molar-refractivity contribution in [1.82, 2.24) is 25.1 Å². The standard InChI is InChI=1S/C16H24N6O2S/c1-4-18-16(20-12-14-8-9-21-22(14)3)19-11-13-6-5-7-15(10-13)25(23,24)17-2/h5-10,17H,4,11-12H2,1-3H3,(H2,18,19,20). The number of rotatable bonds is 7. The number of nitrogens with one attached hydrogen (secondary N) is 3. The Bertz CT molecular complexity index is 829. The lowest BCUT2D eigenvalue weighted by Crippen LogP contribution is -2.37. The van der Waals surface area contributed by atoms with Crippen molar-refractivity contribution in [3.63, 3.8) is 0 Å². The van der Waals surface area contributed by atoms with E-state index in [4.69, 9.17) is 0 Å². The van der Waals surface area contributed by atoms with Crippen LogP contribution in [-0.4, -0.2) is 37.8 Å². The average Bonchev–Trinajstić information content (AvgIpc) is 3.02. The van der Waals surface area contributed by atoms with E-state index in [1.807, 2.05) is 26.1 Å². The zero-order valence-corrected chi connectivity index (χ0v) is 15.5. The summed E-state index contributed by atoms with van der Waals surface area (Å²) in [5.74, 6) is 0.658. The van der Waals surface area contributed by atoms with Gasteiger partial charge in [-0.1, -0.05) is 12.1 Å². The summed E-state index contributed by atoms with van der Waals surface area (Å²) in [5.41, 5.74) is 1.85. The number of sulfonamides is 1. The lowest BCUT2D eigenvalue weighted by atomic mass is 10.2. The molecule has 0 saturated heterocycles. The molecule has 3 N–H and O–H groups in total. The monoisotopic (exact) mass is 364 g/mol. The summed E-state index contributed by atoms with van der Waals surface area (Å²) in [6, 6.07) is 8.68. The second kappa shape index (κ2) is 8.63. The second-order valence-electron chi connectivity index (χ2n) is 5.35. The van der Waals surface area contributed by atoms with E-state index < -0.39 is 10.0 Å². The minimum atomic E-state index is -3.45. The van der Waals surface area contributed by atoms with E-state index >= 15 is 0 Å². The van der Waals surface area contributed by atoms with E-state index in [1.54, 1.807) is 29.1 Å². The molecule has 0 bridgehead atoms. The number of aliphatic imine (C=N–C) groups is 1. The number of aryl methyl sites for hydroxylation is 1. The number of benzene rings is 1. The number of aromatic nitrogens is 2. The summed E-state index contributed by atoms with van der Waals surface area (Å²) in [7, 11) is -0.175. The molecule has 1 aromatic heterocycles. The van der Waals surface area contributed by atoms with Crippen molar-refractivity contribution in [3.8, 4) is 0 Å². The maximum atomic E-state index is 11.9. The molecular formula is C16H24N6O2S. The van der Waals surface area contributed by atoms with Crippen LogP contribution in [0.1, 0.15) is 18.2 Å². The number of guanidine groups is 1. The van der Waals surface area contributed by atoms with Crippen molar-refractivity contribution >= 4 is 16.0 Å². The van der Waals surface area contributed by atoms with Gasteiger partial charge < -0.3 is 10.6 Å². The molecule has 1 aromatic carbocycles. The van der Waals surface area contributed by atoms with E-state index in [1.165, 1.54) is 7.05 Å². The fourth-order valence-corrected chi connectivity index (χ4v) is 2.99. The minimum Gasteiger partial charge on any atom is -0.357 e. The van der Waals surface area contributed by atoms with Crippen LogP contribution in [0.5, 0.6) is 0 Å². The number of nitrogens with zero attached hydrogens (tertiary/aromatic N) is 3. The third kappa shape index (κ3) is 5.30. The van der Waals surface area contributed by atoms with Crippen LogP contribution in [0.15, 0.2) is 46.4 Å². The van der Waals surface area contributed by atoms with Gasteiger partial charge in [0.2, 0.25) is 10.0 Å². The molecule has 9 heteroatoms. The fraction of sp³-hybridized carbons (Fsp3) is 0.375. The van der Waals surface area contributed by atoms with Crippen LogP contribution in [-0.2, 0) is 30.2 Å². The quantitative estimate of drug-likeness (QED) is 0.493. The first-order valence-electron chi connectivity index (χ1n) is 7.98. The Morgan fingerprint density at radius 2 is 2.08 bits per heavy atom. The Kier molecular flexibility index (Phi) is 6.54. The first kappa shape index (κ1) is 18.9. The Hall–Kier alpha value is -2.39. The maximum Gasteiger partial charge on any atom is 0.240 e. The first-order valence-corrected chi connectivity index (χ1v) is 9.46. The topological polar surface area (TPSA) is 100 Å². The van der Waals surface area contributed by atoms with E-state index in [0.717, 1.165) is 17.8 Å².